The summed E-state index contributed by atoms with van der Waals surface area (Å²) in [5, 5.41) is 2.74. The number of nitrogens with one attached hydrogen (secondary N) is 2. The number of anilines is 1. The highest BCUT2D eigenvalue weighted by Crippen LogP contribution is 2.40. The molecule has 31 heavy (non-hydrogen) atoms. The summed E-state index contributed by atoms with van der Waals surface area (Å²) in [7, 11) is 0. The number of carbonyl (C=O) groups is 1. The van der Waals surface area contributed by atoms with Crippen molar-refractivity contribution >= 4 is 11.7 Å². The predicted molar refractivity (Wildman–Crippen MR) is 111 cm³/mol. The number of H-pyrrole nitrogens is 1. The number of likely N-dealkylation sites (tertiary alicyclic amines) is 1. The van der Waals surface area contributed by atoms with E-state index in [1.165, 1.54) is 31.2 Å². The van der Waals surface area contributed by atoms with Gasteiger partial charge in [-0.15, -0.1) is 0 Å². The van der Waals surface area contributed by atoms with E-state index >= 15 is 0 Å². The average Bonchev–Trinajstić information content (AvgIpc) is 3.58. The summed E-state index contributed by atoms with van der Waals surface area (Å²) in [6, 6.07) is 5.46. The largest absolute Gasteiger partial charge is 0.492 e. The van der Waals surface area contributed by atoms with Crippen LogP contribution in [0.4, 0.5) is 14.6 Å². The van der Waals surface area contributed by atoms with Gasteiger partial charge < -0.3 is 15.0 Å². The SMILES string of the molecule is C[C@@H](C(=O)Nc1ccc(OCC2CC2)cn1)N1CCC(F)(F)[C@@H](c2ccc(=O)[nH]c2)C1. The van der Waals surface area contributed by atoms with Gasteiger partial charge in [0, 0.05) is 31.8 Å². The van der Waals surface area contributed by atoms with Crippen LogP contribution in [-0.4, -0.2) is 52.4 Å². The molecular weight excluding hydrogens is 406 g/mol. The fourth-order valence-electron chi connectivity index (χ4n) is 3.70. The zero-order valence-electron chi connectivity index (χ0n) is 17.3. The fourth-order valence-corrected chi connectivity index (χ4v) is 3.70. The van der Waals surface area contributed by atoms with Gasteiger partial charge in [-0.1, -0.05) is 6.07 Å². The van der Waals surface area contributed by atoms with Crippen molar-refractivity contribution in [2.24, 2.45) is 5.92 Å². The van der Waals surface area contributed by atoms with Crippen LogP contribution in [0.2, 0.25) is 0 Å². The quantitative estimate of drug-likeness (QED) is 0.702. The van der Waals surface area contributed by atoms with Crippen LogP contribution in [0.1, 0.15) is 37.7 Å². The van der Waals surface area contributed by atoms with Gasteiger partial charge in [-0.25, -0.2) is 13.8 Å². The maximum absolute atomic E-state index is 14.6. The molecule has 0 spiro atoms. The maximum atomic E-state index is 14.6. The minimum atomic E-state index is -2.91. The first-order valence-corrected chi connectivity index (χ1v) is 10.5. The molecule has 2 fully saturated rings. The molecule has 1 aliphatic carbocycles. The molecule has 1 aliphatic heterocycles. The fraction of sp³-hybridized carbons (Fsp3) is 0.500. The number of pyridine rings is 2. The van der Waals surface area contributed by atoms with E-state index in [2.05, 4.69) is 15.3 Å². The lowest BCUT2D eigenvalue weighted by Gasteiger charge is -2.40. The number of piperidine rings is 1. The number of hydrogen-bond donors (Lipinski definition) is 2. The number of rotatable bonds is 7. The number of aromatic amines is 1. The normalized spacial score (nSPS) is 22.0. The molecule has 2 aromatic rings. The van der Waals surface area contributed by atoms with Gasteiger partial charge in [0.25, 0.3) is 5.92 Å². The molecule has 2 aromatic heterocycles. The van der Waals surface area contributed by atoms with E-state index in [-0.39, 0.29) is 31.0 Å². The van der Waals surface area contributed by atoms with E-state index in [9.17, 15) is 18.4 Å². The van der Waals surface area contributed by atoms with Gasteiger partial charge in [0.15, 0.2) is 0 Å². The molecule has 1 saturated heterocycles. The first-order valence-electron chi connectivity index (χ1n) is 10.5. The Bertz CT molecular complexity index is 955. The zero-order valence-corrected chi connectivity index (χ0v) is 17.3. The highest BCUT2D eigenvalue weighted by molar-refractivity contribution is 5.93. The summed E-state index contributed by atoms with van der Waals surface area (Å²) in [5.41, 5.74) is 0.00861. The number of hydrogen-bond acceptors (Lipinski definition) is 5. The van der Waals surface area contributed by atoms with Crippen LogP contribution in [0.15, 0.2) is 41.5 Å². The Labute approximate surface area is 178 Å². The van der Waals surface area contributed by atoms with Gasteiger partial charge in [-0.2, -0.15) is 0 Å². The lowest BCUT2D eigenvalue weighted by atomic mass is 9.87. The summed E-state index contributed by atoms with van der Waals surface area (Å²) in [5.74, 6) is -2.66. The molecule has 2 atom stereocenters. The minimum Gasteiger partial charge on any atom is -0.492 e. The second kappa shape index (κ2) is 8.74. The van der Waals surface area contributed by atoms with Crippen molar-refractivity contribution in [1.29, 1.82) is 0 Å². The smallest absolute Gasteiger partial charge is 0.257 e. The van der Waals surface area contributed by atoms with Crippen molar-refractivity contribution in [3.05, 3.63) is 52.6 Å². The number of halogens is 2. The third-order valence-electron chi connectivity index (χ3n) is 5.97. The zero-order chi connectivity index (χ0) is 22.0. The first-order chi connectivity index (χ1) is 14.8. The number of alkyl halides is 2. The summed E-state index contributed by atoms with van der Waals surface area (Å²) >= 11 is 0. The van der Waals surface area contributed by atoms with Crippen LogP contribution in [0.3, 0.4) is 0 Å². The number of ether oxygens (including phenoxy) is 1. The minimum absolute atomic E-state index is 0.00893. The van der Waals surface area contributed by atoms with Gasteiger partial charge in [0.2, 0.25) is 11.5 Å². The summed E-state index contributed by atoms with van der Waals surface area (Å²) < 4.78 is 34.7. The van der Waals surface area contributed by atoms with Gasteiger partial charge in [0.1, 0.15) is 11.6 Å². The number of aromatic nitrogens is 2. The molecule has 1 amide bonds. The van der Waals surface area contributed by atoms with E-state index in [1.807, 2.05) is 0 Å². The van der Waals surface area contributed by atoms with Crippen molar-refractivity contribution in [2.45, 2.75) is 44.1 Å². The Balaban J connectivity index is 1.37. The second-order valence-corrected chi connectivity index (χ2v) is 8.34. The highest BCUT2D eigenvalue weighted by atomic mass is 19.3. The molecule has 0 unspecified atom stereocenters. The highest BCUT2D eigenvalue weighted by Gasteiger charge is 2.46. The van der Waals surface area contributed by atoms with Crippen LogP contribution < -0.4 is 15.6 Å². The van der Waals surface area contributed by atoms with Gasteiger partial charge in [-0.05, 0) is 43.4 Å². The second-order valence-electron chi connectivity index (χ2n) is 8.34. The molecule has 7 nitrogen and oxygen atoms in total. The van der Waals surface area contributed by atoms with E-state index in [0.717, 1.165) is 0 Å². The van der Waals surface area contributed by atoms with Gasteiger partial charge in [0.05, 0.1) is 24.8 Å². The summed E-state index contributed by atoms with van der Waals surface area (Å²) in [4.78, 5) is 32.4. The lowest BCUT2D eigenvalue weighted by Crippen LogP contribution is -2.52. The number of nitrogens with zero attached hydrogens (tertiary/aromatic N) is 2. The van der Waals surface area contributed by atoms with Crippen molar-refractivity contribution in [2.75, 3.05) is 25.0 Å². The van der Waals surface area contributed by atoms with Crippen molar-refractivity contribution in [3.63, 3.8) is 0 Å². The van der Waals surface area contributed by atoms with Crippen LogP contribution in [0.25, 0.3) is 0 Å². The summed E-state index contributed by atoms with van der Waals surface area (Å²) in [6.07, 6.45) is 4.93. The van der Waals surface area contributed by atoms with Crippen molar-refractivity contribution in [1.82, 2.24) is 14.9 Å². The molecule has 0 aromatic carbocycles. The molecule has 3 heterocycles. The molecular formula is C22H26F2N4O3. The monoisotopic (exact) mass is 432 g/mol. The van der Waals surface area contributed by atoms with Crippen molar-refractivity contribution < 1.29 is 18.3 Å². The Kier molecular flexibility index (Phi) is 6.04. The van der Waals surface area contributed by atoms with Crippen LogP contribution in [-0.2, 0) is 4.79 Å². The van der Waals surface area contributed by atoms with Gasteiger partial charge in [-0.3, -0.25) is 14.5 Å². The maximum Gasteiger partial charge on any atom is 0.257 e. The molecule has 1 saturated carbocycles. The molecule has 2 N–H and O–H groups in total. The Morgan fingerprint density at radius 3 is 2.81 bits per heavy atom. The van der Waals surface area contributed by atoms with E-state index in [4.69, 9.17) is 4.74 Å². The molecule has 9 heteroatoms. The average molecular weight is 432 g/mol. The Morgan fingerprint density at radius 2 is 2.16 bits per heavy atom. The summed E-state index contributed by atoms with van der Waals surface area (Å²) in [6.45, 7) is 2.48. The van der Waals surface area contributed by atoms with E-state index in [1.54, 1.807) is 30.2 Å². The lowest BCUT2D eigenvalue weighted by molar-refractivity contribution is -0.125. The molecule has 2 aliphatic rings. The topological polar surface area (TPSA) is 87.3 Å². The Hall–Kier alpha value is -2.81. The third-order valence-corrected chi connectivity index (χ3v) is 5.97. The molecule has 0 radical (unpaired) electrons. The van der Waals surface area contributed by atoms with Crippen LogP contribution in [0.5, 0.6) is 5.75 Å². The molecule has 4 rings (SSSR count). The number of amides is 1. The molecule has 166 valence electrons. The first kappa shape index (κ1) is 21.4. The van der Waals surface area contributed by atoms with Crippen molar-refractivity contribution in [3.8, 4) is 5.75 Å². The van der Waals surface area contributed by atoms with Crippen LogP contribution in [0, 0.1) is 5.92 Å². The van der Waals surface area contributed by atoms with E-state index < -0.39 is 17.9 Å². The third kappa shape index (κ3) is 5.28. The molecule has 0 bridgehead atoms. The van der Waals surface area contributed by atoms with E-state index in [0.29, 0.717) is 29.7 Å². The predicted octanol–water partition coefficient (Wildman–Crippen LogP) is 3.01. The van der Waals surface area contributed by atoms with Gasteiger partial charge >= 0.3 is 0 Å². The Morgan fingerprint density at radius 1 is 1.35 bits per heavy atom. The number of carbonyl (C=O) groups excluding carboxylic acids is 1. The van der Waals surface area contributed by atoms with Crippen LogP contribution >= 0.6 is 0 Å². The standard InChI is InChI=1S/C22H26F2N4O3/c1-14(21(30)27-19-6-5-17(11-25-19)31-13-15-2-3-15)28-9-8-22(23,24)18(12-28)16-4-7-20(29)26-10-16/h4-7,10-11,14-15,18H,2-3,8-9,12-13H2,1H3,(H,26,29)(H,25,27,30)/t14-,18+/m0/s1.